The van der Waals surface area contributed by atoms with E-state index >= 15 is 0 Å². The van der Waals surface area contributed by atoms with Crippen LogP contribution in [0.1, 0.15) is 23.7 Å². The summed E-state index contributed by atoms with van der Waals surface area (Å²) in [5.41, 5.74) is 4.68. The average Bonchev–Trinajstić information content (AvgIpc) is 2.82. The SMILES string of the molecule is CCN1CCN(Cc2cnc3c(-c4c(Cl)c(C)cc(OC)c4Cl)ccc(C#N)c3n2)CC1. The van der Waals surface area contributed by atoms with E-state index in [1.54, 1.807) is 19.4 Å². The van der Waals surface area contributed by atoms with Crippen molar-refractivity contribution in [2.45, 2.75) is 20.4 Å². The topological polar surface area (TPSA) is 65.3 Å². The van der Waals surface area contributed by atoms with E-state index in [1.165, 1.54) is 0 Å². The van der Waals surface area contributed by atoms with Gasteiger partial charge in [-0.3, -0.25) is 9.88 Å². The van der Waals surface area contributed by atoms with Crippen molar-refractivity contribution in [3.63, 3.8) is 0 Å². The number of methoxy groups -OCH3 is 1. The molecule has 1 aliphatic rings. The van der Waals surface area contributed by atoms with Crippen molar-refractivity contribution in [3.05, 3.63) is 51.3 Å². The number of ether oxygens (including phenoxy) is 1. The van der Waals surface area contributed by atoms with Crippen molar-refractivity contribution in [2.75, 3.05) is 39.8 Å². The number of hydrogen-bond donors (Lipinski definition) is 0. The zero-order valence-corrected chi connectivity index (χ0v) is 20.0. The third-order valence-electron chi connectivity index (χ3n) is 6.01. The van der Waals surface area contributed by atoms with Crippen molar-refractivity contribution in [1.29, 1.82) is 5.26 Å². The number of aromatic nitrogens is 2. The van der Waals surface area contributed by atoms with Crippen molar-refractivity contribution in [2.24, 2.45) is 0 Å². The minimum atomic E-state index is 0.411. The van der Waals surface area contributed by atoms with Gasteiger partial charge in [0.1, 0.15) is 17.3 Å². The number of aryl methyl sites for hydroxylation is 1. The molecule has 6 nitrogen and oxygen atoms in total. The van der Waals surface area contributed by atoms with Crippen LogP contribution in [-0.2, 0) is 6.54 Å². The van der Waals surface area contributed by atoms with E-state index in [2.05, 4.69) is 22.8 Å². The summed E-state index contributed by atoms with van der Waals surface area (Å²) in [4.78, 5) is 14.4. The molecular formula is C24H25Cl2N5O. The summed E-state index contributed by atoms with van der Waals surface area (Å²) in [6, 6.07) is 7.62. The van der Waals surface area contributed by atoms with Crippen LogP contribution in [0.5, 0.6) is 5.75 Å². The molecule has 1 fully saturated rings. The van der Waals surface area contributed by atoms with E-state index in [0.29, 0.717) is 44.5 Å². The molecular weight excluding hydrogens is 445 g/mol. The Bertz CT molecular complexity index is 1200. The predicted octanol–water partition coefficient (Wildman–Crippen LogP) is 4.93. The highest BCUT2D eigenvalue weighted by Gasteiger charge is 2.21. The largest absolute Gasteiger partial charge is 0.495 e. The van der Waals surface area contributed by atoms with Gasteiger partial charge in [-0.15, -0.1) is 0 Å². The minimum absolute atomic E-state index is 0.411. The fourth-order valence-corrected chi connectivity index (χ4v) is 4.75. The van der Waals surface area contributed by atoms with Crippen LogP contribution in [0, 0.1) is 18.3 Å². The van der Waals surface area contributed by atoms with Gasteiger partial charge in [0.2, 0.25) is 0 Å². The molecule has 1 aromatic heterocycles. The number of likely N-dealkylation sites (N-methyl/N-ethyl adjacent to an activating group) is 1. The Kier molecular flexibility index (Phi) is 6.82. The molecule has 166 valence electrons. The summed E-state index contributed by atoms with van der Waals surface area (Å²) in [5.74, 6) is 0.539. The van der Waals surface area contributed by atoms with Crippen LogP contribution in [0.2, 0.25) is 10.0 Å². The van der Waals surface area contributed by atoms with Gasteiger partial charge in [0.15, 0.2) is 0 Å². The van der Waals surface area contributed by atoms with E-state index in [0.717, 1.165) is 49.5 Å². The van der Waals surface area contributed by atoms with E-state index in [-0.39, 0.29) is 0 Å². The molecule has 0 radical (unpaired) electrons. The molecule has 0 N–H and O–H groups in total. The number of nitriles is 1. The van der Waals surface area contributed by atoms with Gasteiger partial charge in [-0.2, -0.15) is 5.26 Å². The second kappa shape index (κ2) is 9.60. The van der Waals surface area contributed by atoms with E-state index in [1.807, 2.05) is 19.1 Å². The van der Waals surface area contributed by atoms with Crippen molar-refractivity contribution in [3.8, 4) is 22.9 Å². The van der Waals surface area contributed by atoms with Crippen LogP contribution in [0.3, 0.4) is 0 Å². The van der Waals surface area contributed by atoms with E-state index in [4.69, 9.17) is 37.9 Å². The maximum absolute atomic E-state index is 9.70. The van der Waals surface area contributed by atoms with Crippen LogP contribution in [0.15, 0.2) is 24.4 Å². The number of piperazine rings is 1. The van der Waals surface area contributed by atoms with Crippen LogP contribution >= 0.6 is 23.2 Å². The van der Waals surface area contributed by atoms with Crippen LogP contribution in [-0.4, -0.2) is 59.6 Å². The monoisotopic (exact) mass is 469 g/mol. The zero-order valence-electron chi connectivity index (χ0n) is 18.5. The molecule has 0 aliphatic carbocycles. The summed E-state index contributed by atoms with van der Waals surface area (Å²) in [5, 5.41) is 10.6. The minimum Gasteiger partial charge on any atom is -0.495 e. The molecule has 0 atom stereocenters. The van der Waals surface area contributed by atoms with Gasteiger partial charge >= 0.3 is 0 Å². The first-order chi connectivity index (χ1) is 15.5. The molecule has 0 amide bonds. The van der Waals surface area contributed by atoms with E-state index < -0.39 is 0 Å². The molecule has 4 rings (SSSR count). The molecule has 0 spiro atoms. The highest BCUT2D eigenvalue weighted by atomic mass is 35.5. The number of hydrogen-bond acceptors (Lipinski definition) is 6. The number of benzene rings is 2. The average molecular weight is 470 g/mol. The maximum atomic E-state index is 9.70. The number of halogens is 2. The Morgan fingerprint density at radius 2 is 1.81 bits per heavy atom. The molecule has 2 heterocycles. The molecule has 32 heavy (non-hydrogen) atoms. The summed E-state index contributed by atoms with van der Waals surface area (Å²) in [7, 11) is 1.57. The Morgan fingerprint density at radius 3 is 2.47 bits per heavy atom. The number of nitrogens with zero attached hydrogens (tertiary/aromatic N) is 5. The normalized spacial score (nSPS) is 15.1. The number of rotatable bonds is 5. The molecule has 0 bridgehead atoms. The summed E-state index contributed by atoms with van der Waals surface area (Å²) >= 11 is 13.3. The Labute approximate surface area is 198 Å². The summed E-state index contributed by atoms with van der Waals surface area (Å²) < 4.78 is 5.43. The first kappa shape index (κ1) is 22.8. The smallest absolute Gasteiger partial charge is 0.138 e. The Morgan fingerprint density at radius 1 is 1.09 bits per heavy atom. The Balaban J connectivity index is 1.78. The highest BCUT2D eigenvalue weighted by Crippen LogP contribution is 2.44. The molecule has 1 aliphatic heterocycles. The van der Waals surface area contributed by atoms with Crippen molar-refractivity contribution >= 4 is 34.2 Å². The van der Waals surface area contributed by atoms with Gasteiger partial charge in [-0.05, 0) is 31.2 Å². The number of fused-ring (bicyclic) bond motifs is 1. The van der Waals surface area contributed by atoms with Crippen LogP contribution in [0.4, 0.5) is 0 Å². The lowest BCUT2D eigenvalue weighted by molar-refractivity contribution is 0.131. The van der Waals surface area contributed by atoms with E-state index in [9.17, 15) is 5.26 Å². The lowest BCUT2D eigenvalue weighted by Crippen LogP contribution is -2.45. The molecule has 0 saturated carbocycles. The molecule has 2 aromatic carbocycles. The predicted molar refractivity (Wildman–Crippen MR) is 128 cm³/mol. The van der Waals surface area contributed by atoms with Crippen LogP contribution in [0.25, 0.3) is 22.2 Å². The summed E-state index contributed by atoms with van der Waals surface area (Å²) in [6.45, 7) is 9.96. The van der Waals surface area contributed by atoms with Gasteiger partial charge in [0.05, 0.1) is 40.1 Å². The fourth-order valence-electron chi connectivity index (χ4n) is 4.12. The third kappa shape index (κ3) is 4.26. The van der Waals surface area contributed by atoms with Crippen LogP contribution < -0.4 is 4.74 Å². The summed E-state index contributed by atoms with van der Waals surface area (Å²) in [6.07, 6.45) is 1.79. The first-order valence-corrected chi connectivity index (χ1v) is 11.4. The lowest BCUT2D eigenvalue weighted by atomic mass is 9.99. The maximum Gasteiger partial charge on any atom is 0.138 e. The fraction of sp³-hybridized carbons (Fsp3) is 0.375. The molecule has 3 aromatic rings. The lowest BCUT2D eigenvalue weighted by Gasteiger charge is -2.33. The molecule has 1 saturated heterocycles. The van der Waals surface area contributed by atoms with Gasteiger partial charge in [0.25, 0.3) is 0 Å². The standard InChI is InChI=1S/C24H25Cl2N5O/c1-4-30-7-9-31(10-8-30)14-17-13-28-24-18(6-5-16(12-27)23(24)29-17)20-21(25)15(2)11-19(32-3)22(20)26/h5-6,11,13H,4,7-10,14H2,1-3H3. The quantitative estimate of drug-likeness (QED) is 0.527. The second-order valence-corrected chi connectivity index (χ2v) is 8.70. The molecule has 8 heteroatoms. The van der Waals surface area contributed by atoms with Gasteiger partial charge in [-0.1, -0.05) is 36.2 Å². The molecule has 0 unspecified atom stereocenters. The van der Waals surface area contributed by atoms with Gasteiger partial charge in [0, 0.05) is 43.9 Å². The third-order valence-corrected chi connectivity index (χ3v) is 6.87. The highest BCUT2D eigenvalue weighted by molar-refractivity contribution is 6.41. The van der Waals surface area contributed by atoms with Gasteiger partial charge in [-0.25, -0.2) is 4.98 Å². The van der Waals surface area contributed by atoms with Crippen molar-refractivity contribution in [1.82, 2.24) is 19.8 Å². The van der Waals surface area contributed by atoms with Gasteiger partial charge < -0.3 is 9.64 Å². The second-order valence-electron chi connectivity index (χ2n) is 7.94. The zero-order chi connectivity index (χ0) is 22.8. The Hall–Kier alpha value is -2.43. The first-order valence-electron chi connectivity index (χ1n) is 10.6. The van der Waals surface area contributed by atoms with Crippen molar-refractivity contribution < 1.29 is 4.74 Å².